The van der Waals surface area contributed by atoms with E-state index in [1.165, 1.54) is 17.7 Å². The maximum Gasteiger partial charge on any atom is 0.240 e. The molecule has 3 rings (SSSR count). The molecule has 1 aliphatic carbocycles. The largest absolute Gasteiger partial charge is 0.508 e. The van der Waals surface area contributed by atoms with Crippen LogP contribution >= 0.6 is 11.8 Å². The minimum Gasteiger partial charge on any atom is -0.508 e. The Hall–Kier alpha value is -2.71. The van der Waals surface area contributed by atoms with Crippen molar-refractivity contribution in [3.63, 3.8) is 0 Å². The van der Waals surface area contributed by atoms with Crippen LogP contribution in [0.1, 0.15) is 37.0 Å². The topological polar surface area (TPSA) is 139 Å². The first-order valence-corrected chi connectivity index (χ1v) is 11.7. The molecule has 0 radical (unpaired) electrons. The number of hydrogen-bond donors (Lipinski definition) is 5. The third-order valence-corrected chi connectivity index (χ3v) is 7.49. The van der Waals surface area contributed by atoms with E-state index in [4.69, 9.17) is 11.5 Å². The molecule has 3 atom stereocenters. The van der Waals surface area contributed by atoms with Crippen molar-refractivity contribution in [1.82, 2.24) is 5.32 Å². The highest BCUT2D eigenvalue weighted by molar-refractivity contribution is 8.00. The number of fused-ring (bicyclic) bond motifs is 1. The number of rotatable bonds is 8. The Morgan fingerprint density at radius 3 is 2.47 bits per heavy atom. The summed E-state index contributed by atoms with van der Waals surface area (Å²) in [6, 6.07) is 10.9. The predicted molar refractivity (Wildman–Crippen MR) is 127 cm³/mol. The summed E-state index contributed by atoms with van der Waals surface area (Å²) in [4.78, 5) is 24.3. The van der Waals surface area contributed by atoms with E-state index >= 15 is 0 Å². The Kier molecular flexibility index (Phi) is 7.36. The monoisotopic (exact) mass is 457 g/mol. The summed E-state index contributed by atoms with van der Waals surface area (Å²) in [5, 5.41) is 22.1. The molecule has 0 fully saturated rings. The number of phenols is 2. The zero-order chi connectivity index (χ0) is 23.5. The Morgan fingerprint density at radius 2 is 1.81 bits per heavy atom. The van der Waals surface area contributed by atoms with Crippen molar-refractivity contribution in [2.24, 2.45) is 11.5 Å². The lowest BCUT2D eigenvalue weighted by molar-refractivity contribution is -0.127. The SMILES string of the molecule is CC1(C)c2cc(O)ccc2C[C@@H](SCCC(=O)NC(Cc2ccc(O)cc2)C(N)=O)[C@@H]1N. The molecule has 1 aliphatic rings. The fourth-order valence-electron chi connectivity index (χ4n) is 4.15. The van der Waals surface area contributed by atoms with Crippen LogP contribution in [0.2, 0.25) is 0 Å². The van der Waals surface area contributed by atoms with E-state index in [2.05, 4.69) is 19.2 Å². The summed E-state index contributed by atoms with van der Waals surface area (Å²) >= 11 is 1.65. The highest BCUT2D eigenvalue weighted by atomic mass is 32.2. The summed E-state index contributed by atoms with van der Waals surface area (Å²) in [7, 11) is 0. The Bertz CT molecular complexity index is 978. The highest BCUT2D eigenvalue weighted by Gasteiger charge is 2.40. The van der Waals surface area contributed by atoms with Crippen LogP contribution in [0.4, 0.5) is 0 Å². The second-order valence-electron chi connectivity index (χ2n) is 8.85. The van der Waals surface area contributed by atoms with Gasteiger partial charge in [0, 0.05) is 35.3 Å². The van der Waals surface area contributed by atoms with Crippen molar-refractivity contribution in [2.45, 2.75) is 55.9 Å². The van der Waals surface area contributed by atoms with Gasteiger partial charge in [-0.2, -0.15) is 11.8 Å². The molecule has 0 bridgehead atoms. The fourth-order valence-corrected chi connectivity index (χ4v) is 5.60. The van der Waals surface area contributed by atoms with E-state index in [9.17, 15) is 19.8 Å². The predicted octanol–water partition coefficient (Wildman–Crippen LogP) is 1.96. The number of phenolic OH excluding ortho intramolecular Hbond substituents is 2. The molecule has 1 unspecified atom stereocenters. The van der Waals surface area contributed by atoms with Gasteiger partial charge in [0.25, 0.3) is 0 Å². The molecule has 0 saturated carbocycles. The van der Waals surface area contributed by atoms with Crippen molar-refractivity contribution < 1.29 is 19.8 Å². The summed E-state index contributed by atoms with van der Waals surface area (Å²) in [5.74, 6) is 0.0966. The normalized spacial score (nSPS) is 20.2. The lowest BCUT2D eigenvalue weighted by Crippen LogP contribution is -2.52. The van der Waals surface area contributed by atoms with Crippen molar-refractivity contribution in [2.75, 3.05) is 5.75 Å². The lowest BCUT2D eigenvalue weighted by atomic mass is 9.69. The second kappa shape index (κ2) is 9.83. The van der Waals surface area contributed by atoms with Crippen LogP contribution in [0.5, 0.6) is 11.5 Å². The second-order valence-corrected chi connectivity index (χ2v) is 10.2. The number of nitrogens with one attached hydrogen (secondary N) is 1. The molecule has 172 valence electrons. The molecule has 2 amide bonds. The molecular formula is C24H31N3O4S. The number of carbonyl (C=O) groups excluding carboxylic acids is 2. The van der Waals surface area contributed by atoms with Gasteiger partial charge < -0.3 is 27.0 Å². The Labute approximate surface area is 192 Å². The number of amides is 2. The molecule has 2 aromatic rings. The number of nitrogens with two attached hydrogens (primary N) is 2. The van der Waals surface area contributed by atoms with Gasteiger partial charge in [-0.25, -0.2) is 0 Å². The summed E-state index contributed by atoms with van der Waals surface area (Å²) in [6.45, 7) is 4.16. The average molecular weight is 458 g/mol. The molecule has 2 aromatic carbocycles. The molecule has 0 heterocycles. The van der Waals surface area contributed by atoms with Gasteiger partial charge in [0.1, 0.15) is 17.5 Å². The van der Waals surface area contributed by atoms with Crippen LogP contribution in [0.25, 0.3) is 0 Å². The maximum atomic E-state index is 12.5. The van der Waals surface area contributed by atoms with Gasteiger partial charge in [-0.05, 0) is 47.4 Å². The van der Waals surface area contributed by atoms with Crippen molar-refractivity contribution in [3.05, 3.63) is 59.2 Å². The summed E-state index contributed by atoms with van der Waals surface area (Å²) in [5.41, 5.74) is 14.8. The molecule has 0 saturated heterocycles. The van der Waals surface area contributed by atoms with E-state index in [1.54, 1.807) is 36.0 Å². The lowest BCUT2D eigenvalue weighted by Gasteiger charge is -2.43. The van der Waals surface area contributed by atoms with Gasteiger partial charge in [-0.1, -0.05) is 32.0 Å². The molecule has 32 heavy (non-hydrogen) atoms. The molecule has 0 aliphatic heterocycles. The minimum absolute atomic E-state index is 0.127. The molecule has 0 aromatic heterocycles. The van der Waals surface area contributed by atoms with Crippen molar-refractivity contribution in [3.8, 4) is 11.5 Å². The van der Waals surface area contributed by atoms with Gasteiger partial charge in [-0.3, -0.25) is 9.59 Å². The first-order chi connectivity index (χ1) is 15.1. The first kappa shape index (κ1) is 23.9. The number of thioether (sulfide) groups is 1. The Balaban J connectivity index is 1.55. The number of benzene rings is 2. The highest BCUT2D eigenvalue weighted by Crippen LogP contribution is 2.41. The number of carbonyl (C=O) groups is 2. The van der Waals surface area contributed by atoms with Crippen LogP contribution in [0, 0.1) is 0 Å². The van der Waals surface area contributed by atoms with Crippen molar-refractivity contribution in [1.29, 1.82) is 0 Å². The average Bonchev–Trinajstić information content (AvgIpc) is 2.73. The smallest absolute Gasteiger partial charge is 0.240 e. The summed E-state index contributed by atoms with van der Waals surface area (Å²) in [6.07, 6.45) is 1.28. The molecule has 7 N–H and O–H groups in total. The first-order valence-electron chi connectivity index (χ1n) is 10.6. The molecule has 0 spiro atoms. The van der Waals surface area contributed by atoms with Crippen LogP contribution in [0.3, 0.4) is 0 Å². The van der Waals surface area contributed by atoms with Crippen molar-refractivity contribution >= 4 is 23.6 Å². The van der Waals surface area contributed by atoms with Crippen LogP contribution in [-0.4, -0.2) is 45.1 Å². The van der Waals surface area contributed by atoms with Gasteiger partial charge >= 0.3 is 0 Å². The zero-order valence-corrected chi connectivity index (χ0v) is 19.2. The van der Waals surface area contributed by atoms with Gasteiger partial charge in [0.2, 0.25) is 11.8 Å². The Morgan fingerprint density at radius 1 is 1.16 bits per heavy atom. The van der Waals surface area contributed by atoms with Crippen LogP contribution in [-0.2, 0) is 27.8 Å². The standard InChI is InChI=1S/C24H31N3O4S/c1-24(2)18-13-17(29)8-5-15(18)12-20(22(24)25)32-10-9-21(30)27-19(23(26)31)11-14-3-6-16(28)7-4-14/h3-8,13,19-20,22,28-29H,9-12,25H2,1-2H3,(H2,26,31)(H,27,30)/t19?,20-,22+/m1/s1. The van der Waals surface area contributed by atoms with E-state index in [0.29, 0.717) is 5.75 Å². The molecule has 8 heteroatoms. The number of hydrogen-bond acceptors (Lipinski definition) is 6. The van der Waals surface area contributed by atoms with Gasteiger partial charge in [0.15, 0.2) is 0 Å². The molecule has 7 nitrogen and oxygen atoms in total. The summed E-state index contributed by atoms with van der Waals surface area (Å²) < 4.78 is 0. The number of aromatic hydroxyl groups is 2. The van der Waals surface area contributed by atoms with E-state index < -0.39 is 11.9 Å². The molecular weight excluding hydrogens is 426 g/mol. The van der Waals surface area contributed by atoms with Crippen LogP contribution < -0.4 is 16.8 Å². The van der Waals surface area contributed by atoms with Gasteiger partial charge in [0.05, 0.1) is 0 Å². The van der Waals surface area contributed by atoms with E-state index in [1.807, 2.05) is 6.07 Å². The fraction of sp³-hybridized carbons (Fsp3) is 0.417. The van der Waals surface area contributed by atoms with E-state index in [-0.39, 0.29) is 47.0 Å². The minimum atomic E-state index is -0.813. The third kappa shape index (κ3) is 5.55. The number of primary amides is 1. The van der Waals surface area contributed by atoms with Gasteiger partial charge in [-0.15, -0.1) is 0 Å². The quantitative estimate of drug-likeness (QED) is 0.411. The maximum absolute atomic E-state index is 12.5. The van der Waals surface area contributed by atoms with Crippen LogP contribution in [0.15, 0.2) is 42.5 Å². The van der Waals surface area contributed by atoms with E-state index in [0.717, 1.165) is 17.5 Å². The zero-order valence-electron chi connectivity index (χ0n) is 18.4. The third-order valence-electron chi connectivity index (χ3n) is 6.16.